The van der Waals surface area contributed by atoms with Gasteiger partial charge >= 0.3 is 0 Å². The lowest BCUT2D eigenvalue weighted by molar-refractivity contribution is 0.215. The van der Waals surface area contributed by atoms with E-state index in [1.165, 1.54) is 6.07 Å². The molecule has 1 N–H and O–H groups in total. The summed E-state index contributed by atoms with van der Waals surface area (Å²) in [6.07, 6.45) is 2.36. The number of fused-ring (bicyclic) bond motifs is 1. The van der Waals surface area contributed by atoms with Crippen molar-refractivity contribution in [3.63, 3.8) is 0 Å². The van der Waals surface area contributed by atoms with Gasteiger partial charge in [-0.15, -0.1) is 0 Å². The van der Waals surface area contributed by atoms with E-state index in [-0.39, 0.29) is 5.82 Å². The van der Waals surface area contributed by atoms with Gasteiger partial charge in [-0.25, -0.2) is 8.91 Å². The van der Waals surface area contributed by atoms with Crippen molar-refractivity contribution in [2.45, 2.75) is 20.0 Å². The topological polar surface area (TPSA) is 37.5 Å². The van der Waals surface area contributed by atoms with E-state index in [2.05, 4.69) is 5.10 Å². The molecule has 1 aromatic carbocycles. The van der Waals surface area contributed by atoms with Gasteiger partial charge in [0.25, 0.3) is 0 Å². The maximum absolute atomic E-state index is 14.2. The minimum atomic E-state index is -1.02. The van der Waals surface area contributed by atoms with Gasteiger partial charge in [-0.3, -0.25) is 0 Å². The molecule has 2 aromatic heterocycles. The van der Waals surface area contributed by atoms with Crippen LogP contribution in [0.5, 0.6) is 0 Å². The first-order valence-electron chi connectivity index (χ1n) is 6.45. The number of hydrogen-bond donors (Lipinski definition) is 1. The van der Waals surface area contributed by atoms with Crippen molar-refractivity contribution >= 4 is 5.52 Å². The Bertz CT molecular complexity index is 756. The minimum absolute atomic E-state index is 0.314. The first-order chi connectivity index (χ1) is 9.58. The maximum Gasteiger partial charge on any atom is 0.129 e. The standard InChI is InChI=1S/C16H15FN2O/c1-10-7-11(2)15(13(17)8-10)16(20)12-9-18-19-6-4-3-5-14(12)19/h3-9,16,20H,1-2H3. The van der Waals surface area contributed by atoms with Gasteiger partial charge in [-0.2, -0.15) is 5.10 Å². The Morgan fingerprint density at radius 1 is 1.25 bits per heavy atom. The van der Waals surface area contributed by atoms with Crippen molar-refractivity contribution in [2.24, 2.45) is 0 Å². The van der Waals surface area contributed by atoms with Gasteiger partial charge in [0.2, 0.25) is 0 Å². The third kappa shape index (κ3) is 1.98. The molecule has 0 amide bonds. The molecule has 1 atom stereocenters. The third-order valence-corrected chi connectivity index (χ3v) is 3.51. The number of pyridine rings is 1. The highest BCUT2D eigenvalue weighted by molar-refractivity contribution is 5.57. The van der Waals surface area contributed by atoms with Gasteiger partial charge in [-0.1, -0.05) is 12.1 Å². The van der Waals surface area contributed by atoms with Crippen LogP contribution < -0.4 is 0 Å². The predicted octanol–water partition coefficient (Wildman–Crippen LogP) is 3.17. The van der Waals surface area contributed by atoms with Crippen molar-refractivity contribution in [1.82, 2.24) is 9.61 Å². The predicted molar refractivity (Wildman–Crippen MR) is 75.1 cm³/mol. The molecule has 4 heteroatoms. The van der Waals surface area contributed by atoms with E-state index in [0.29, 0.717) is 11.1 Å². The van der Waals surface area contributed by atoms with Crippen molar-refractivity contribution in [3.8, 4) is 0 Å². The summed E-state index contributed by atoms with van der Waals surface area (Å²) in [7, 11) is 0. The van der Waals surface area contributed by atoms with E-state index >= 15 is 0 Å². The van der Waals surface area contributed by atoms with E-state index in [1.807, 2.05) is 31.2 Å². The quantitative estimate of drug-likeness (QED) is 0.776. The lowest BCUT2D eigenvalue weighted by Crippen LogP contribution is -2.05. The second-order valence-electron chi connectivity index (χ2n) is 5.01. The molecule has 3 nitrogen and oxygen atoms in total. The second kappa shape index (κ2) is 4.72. The van der Waals surface area contributed by atoms with Crippen LogP contribution in [0.25, 0.3) is 5.52 Å². The fourth-order valence-electron chi connectivity index (χ4n) is 2.59. The Kier molecular flexibility index (Phi) is 3.03. The van der Waals surface area contributed by atoms with Gasteiger partial charge in [0.05, 0.1) is 11.7 Å². The molecule has 0 spiro atoms. The first-order valence-corrected chi connectivity index (χ1v) is 6.45. The molecule has 0 saturated heterocycles. The molecule has 3 aromatic rings. The zero-order valence-electron chi connectivity index (χ0n) is 11.3. The van der Waals surface area contributed by atoms with Crippen molar-refractivity contribution in [3.05, 3.63) is 70.8 Å². The fourth-order valence-corrected chi connectivity index (χ4v) is 2.59. The fraction of sp³-hybridized carbons (Fsp3) is 0.188. The van der Waals surface area contributed by atoms with E-state index in [9.17, 15) is 9.50 Å². The molecular formula is C16H15FN2O. The van der Waals surface area contributed by atoms with Crippen LogP contribution in [0.4, 0.5) is 4.39 Å². The van der Waals surface area contributed by atoms with Crippen molar-refractivity contribution in [1.29, 1.82) is 0 Å². The van der Waals surface area contributed by atoms with E-state index in [4.69, 9.17) is 0 Å². The monoisotopic (exact) mass is 270 g/mol. The Balaban J connectivity index is 2.16. The number of aromatic nitrogens is 2. The van der Waals surface area contributed by atoms with Crippen LogP contribution in [-0.2, 0) is 0 Å². The van der Waals surface area contributed by atoms with E-state index in [0.717, 1.165) is 16.6 Å². The number of benzene rings is 1. The average molecular weight is 270 g/mol. The van der Waals surface area contributed by atoms with Crippen LogP contribution in [0.3, 0.4) is 0 Å². The Hall–Kier alpha value is -2.20. The summed E-state index contributed by atoms with van der Waals surface area (Å²) in [5, 5.41) is 14.7. The summed E-state index contributed by atoms with van der Waals surface area (Å²) in [6, 6.07) is 8.89. The first kappa shape index (κ1) is 12.8. The Morgan fingerprint density at radius 3 is 2.80 bits per heavy atom. The molecule has 0 bridgehead atoms. The van der Waals surface area contributed by atoms with Crippen molar-refractivity contribution < 1.29 is 9.50 Å². The van der Waals surface area contributed by atoms with Crippen LogP contribution in [-0.4, -0.2) is 14.7 Å². The van der Waals surface area contributed by atoms with Crippen LogP contribution in [0.15, 0.2) is 42.7 Å². The van der Waals surface area contributed by atoms with Crippen molar-refractivity contribution in [2.75, 3.05) is 0 Å². The third-order valence-electron chi connectivity index (χ3n) is 3.51. The SMILES string of the molecule is Cc1cc(C)c(C(O)c2cnn3ccccc23)c(F)c1. The molecule has 0 radical (unpaired) electrons. The smallest absolute Gasteiger partial charge is 0.129 e. The lowest BCUT2D eigenvalue weighted by Gasteiger charge is -2.14. The van der Waals surface area contributed by atoms with E-state index in [1.54, 1.807) is 23.8 Å². The molecular weight excluding hydrogens is 255 g/mol. The zero-order valence-corrected chi connectivity index (χ0v) is 11.3. The minimum Gasteiger partial charge on any atom is -0.383 e. The van der Waals surface area contributed by atoms with E-state index < -0.39 is 6.10 Å². The highest BCUT2D eigenvalue weighted by Gasteiger charge is 2.21. The van der Waals surface area contributed by atoms with Gasteiger partial charge in [-0.05, 0) is 43.2 Å². The molecule has 0 saturated carbocycles. The highest BCUT2D eigenvalue weighted by atomic mass is 19.1. The van der Waals surface area contributed by atoms with Crippen LogP contribution in [0.2, 0.25) is 0 Å². The Labute approximate surface area is 116 Å². The molecule has 2 heterocycles. The number of halogens is 1. The van der Waals surface area contributed by atoms with Gasteiger partial charge in [0.15, 0.2) is 0 Å². The average Bonchev–Trinajstić information content (AvgIpc) is 2.81. The molecule has 0 fully saturated rings. The molecule has 102 valence electrons. The van der Waals surface area contributed by atoms with Gasteiger partial charge < -0.3 is 5.11 Å². The normalized spacial score (nSPS) is 12.8. The summed E-state index contributed by atoms with van der Waals surface area (Å²) in [5.41, 5.74) is 3.28. The molecule has 0 aliphatic carbocycles. The van der Waals surface area contributed by atoms with Crippen LogP contribution in [0, 0.1) is 19.7 Å². The summed E-state index contributed by atoms with van der Waals surface area (Å²) in [5.74, 6) is -0.384. The molecule has 0 aliphatic rings. The summed E-state index contributed by atoms with van der Waals surface area (Å²) in [6.45, 7) is 3.64. The number of aliphatic hydroxyl groups is 1. The maximum atomic E-state index is 14.2. The number of aliphatic hydroxyl groups excluding tert-OH is 1. The molecule has 3 rings (SSSR count). The summed E-state index contributed by atoms with van der Waals surface area (Å²) < 4.78 is 15.8. The zero-order chi connectivity index (χ0) is 14.3. The lowest BCUT2D eigenvalue weighted by atomic mass is 9.96. The molecule has 20 heavy (non-hydrogen) atoms. The van der Waals surface area contributed by atoms with Gasteiger partial charge in [0.1, 0.15) is 11.9 Å². The highest BCUT2D eigenvalue weighted by Crippen LogP contribution is 2.30. The van der Waals surface area contributed by atoms with Gasteiger partial charge in [0, 0.05) is 17.3 Å². The number of hydrogen-bond acceptors (Lipinski definition) is 2. The number of nitrogens with zero attached hydrogens (tertiary/aromatic N) is 2. The second-order valence-corrected chi connectivity index (χ2v) is 5.01. The molecule has 0 aliphatic heterocycles. The number of rotatable bonds is 2. The number of aryl methyl sites for hydroxylation is 2. The summed E-state index contributed by atoms with van der Waals surface area (Å²) >= 11 is 0. The Morgan fingerprint density at radius 2 is 2.05 bits per heavy atom. The van der Waals surface area contributed by atoms with Crippen LogP contribution in [0.1, 0.15) is 28.4 Å². The molecule has 1 unspecified atom stereocenters. The van der Waals surface area contributed by atoms with Crippen LogP contribution >= 0.6 is 0 Å². The largest absolute Gasteiger partial charge is 0.383 e. The summed E-state index contributed by atoms with van der Waals surface area (Å²) in [4.78, 5) is 0.